The molecule has 0 aliphatic carbocycles. The second-order valence-electron chi connectivity index (χ2n) is 6.96. The number of benzene rings is 2. The molecule has 3 amide bonds. The number of hydrogen-bond acceptors (Lipinski definition) is 4. The Labute approximate surface area is 162 Å². The van der Waals surface area contributed by atoms with E-state index in [0.717, 1.165) is 24.1 Å². The molecule has 2 aliphatic heterocycles. The number of carbonyl (C=O) groups excluding carboxylic acids is 3. The summed E-state index contributed by atoms with van der Waals surface area (Å²) in [5.74, 6) is -0.0496. The first-order valence-corrected chi connectivity index (χ1v) is 9.30. The highest BCUT2D eigenvalue weighted by Gasteiger charge is 2.30. The lowest BCUT2D eigenvalue weighted by molar-refractivity contribution is -0.123. The van der Waals surface area contributed by atoms with E-state index in [0.29, 0.717) is 23.5 Å². The fourth-order valence-corrected chi connectivity index (χ4v) is 3.58. The number of nitrogens with one attached hydrogen (secondary N) is 2. The number of fused-ring (bicyclic) bond motifs is 2. The molecular weight excluding hydrogens is 358 g/mol. The number of amides is 3. The van der Waals surface area contributed by atoms with Crippen LogP contribution in [-0.4, -0.2) is 30.4 Å². The van der Waals surface area contributed by atoms with Gasteiger partial charge in [0.05, 0.1) is 5.69 Å². The van der Waals surface area contributed by atoms with Crippen LogP contribution in [0.25, 0.3) is 0 Å². The van der Waals surface area contributed by atoms with Crippen LogP contribution in [0, 0.1) is 0 Å². The summed E-state index contributed by atoms with van der Waals surface area (Å²) in [4.78, 5) is 38.5. The minimum absolute atomic E-state index is 0.0518. The molecule has 0 unspecified atom stereocenters. The molecule has 2 aromatic carbocycles. The van der Waals surface area contributed by atoms with Gasteiger partial charge in [-0.25, -0.2) is 0 Å². The summed E-state index contributed by atoms with van der Waals surface area (Å²) in [6.45, 7) is 1.67. The van der Waals surface area contributed by atoms with Gasteiger partial charge in [0.15, 0.2) is 6.61 Å². The molecule has 0 spiro atoms. The predicted molar refractivity (Wildman–Crippen MR) is 106 cm³/mol. The van der Waals surface area contributed by atoms with Gasteiger partial charge in [-0.1, -0.05) is 18.2 Å². The van der Waals surface area contributed by atoms with Gasteiger partial charge in [0.2, 0.25) is 11.8 Å². The van der Waals surface area contributed by atoms with Gasteiger partial charge >= 0.3 is 0 Å². The molecule has 2 heterocycles. The molecule has 0 aromatic heterocycles. The van der Waals surface area contributed by atoms with E-state index < -0.39 is 6.04 Å². The van der Waals surface area contributed by atoms with Gasteiger partial charge in [-0.15, -0.1) is 0 Å². The fourth-order valence-electron chi connectivity index (χ4n) is 3.58. The zero-order chi connectivity index (χ0) is 19.7. The predicted octanol–water partition coefficient (Wildman–Crippen LogP) is 2.71. The van der Waals surface area contributed by atoms with E-state index in [9.17, 15) is 14.4 Å². The van der Waals surface area contributed by atoms with Crippen LogP contribution in [0.3, 0.4) is 0 Å². The number of para-hydroxylation sites is 1. The summed E-state index contributed by atoms with van der Waals surface area (Å²) in [7, 11) is 0. The van der Waals surface area contributed by atoms with Gasteiger partial charge in [-0.3, -0.25) is 19.3 Å². The van der Waals surface area contributed by atoms with Crippen LogP contribution in [0.1, 0.15) is 25.3 Å². The summed E-state index contributed by atoms with van der Waals surface area (Å²) in [5, 5.41) is 5.56. The third-order valence-electron chi connectivity index (χ3n) is 5.01. The van der Waals surface area contributed by atoms with Crippen LogP contribution in [0.4, 0.5) is 17.1 Å². The SMILES string of the molecule is C[C@H](C(=O)Nc1ccc2c(c1)OCC(=O)N2)N1C(=O)CCCc2ccccc21. The zero-order valence-electron chi connectivity index (χ0n) is 15.5. The molecule has 0 saturated carbocycles. The normalized spacial score (nSPS) is 16.8. The van der Waals surface area contributed by atoms with E-state index in [1.165, 1.54) is 0 Å². The minimum Gasteiger partial charge on any atom is -0.482 e. The Hall–Kier alpha value is -3.35. The number of hydrogen-bond donors (Lipinski definition) is 2. The summed E-state index contributed by atoms with van der Waals surface area (Å²) in [6.07, 6.45) is 2.01. The van der Waals surface area contributed by atoms with Gasteiger partial charge in [-0.2, -0.15) is 0 Å². The maximum Gasteiger partial charge on any atom is 0.262 e. The molecule has 2 aliphatic rings. The van der Waals surface area contributed by atoms with Crippen molar-refractivity contribution in [3.05, 3.63) is 48.0 Å². The molecule has 4 rings (SSSR count). The summed E-state index contributed by atoms with van der Waals surface area (Å²) in [6, 6.07) is 12.1. The maximum absolute atomic E-state index is 12.9. The number of anilines is 3. The van der Waals surface area contributed by atoms with Gasteiger partial charge in [-0.05, 0) is 43.5 Å². The van der Waals surface area contributed by atoms with Crippen LogP contribution in [0.2, 0.25) is 0 Å². The third kappa shape index (κ3) is 3.43. The number of ether oxygens (including phenoxy) is 1. The van der Waals surface area contributed by atoms with Crippen molar-refractivity contribution in [2.45, 2.75) is 32.2 Å². The van der Waals surface area contributed by atoms with Crippen molar-refractivity contribution in [2.75, 3.05) is 22.1 Å². The quantitative estimate of drug-likeness (QED) is 0.858. The lowest BCUT2D eigenvalue weighted by Gasteiger charge is -2.29. The molecule has 144 valence electrons. The summed E-state index contributed by atoms with van der Waals surface area (Å²) in [5.41, 5.74) is 2.98. The van der Waals surface area contributed by atoms with Crippen molar-refractivity contribution < 1.29 is 19.1 Å². The standard InChI is InChI=1S/C21H21N3O4/c1-13(24-17-7-3-2-5-14(17)6-4-8-20(24)26)21(27)22-15-9-10-16-18(11-15)28-12-19(25)23-16/h2-3,5,7,9-11,13H,4,6,8,12H2,1H3,(H,22,27)(H,23,25)/t13-/m1/s1. The third-order valence-corrected chi connectivity index (χ3v) is 5.01. The minimum atomic E-state index is -0.664. The van der Waals surface area contributed by atoms with Crippen LogP contribution in [0.5, 0.6) is 5.75 Å². The van der Waals surface area contributed by atoms with E-state index in [1.54, 1.807) is 30.0 Å². The average molecular weight is 379 g/mol. The Kier molecular flexibility index (Phi) is 4.73. The number of carbonyl (C=O) groups is 3. The first-order chi connectivity index (χ1) is 13.5. The Morgan fingerprint density at radius 2 is 2.00 bits per heavy atom. The lowest BCUT2D eigenvalue weighted by Crippen LogP contribution is -2.45. The van der Waals surface area contributed by atoms with Gasteiger partial charge in [0, 0.05) is 23.9 Å². The van der Waals surface area contributed by atoms with Crippen LogP contribution in [0.15, 0.2) is 42.5 Å². The molecule has 2 N–H and O–H groups in total. The van der Waals surface area contributed by atoms with E-state index in [4.69, 9.17) is 4.74 Å². The molecule has 0 radical (unpaired) electrons. The number of nitrogens with zero attached hydrogens (tertiary/aromatic N) is 1. The van der Waals surface area contributed by atoms with E-state index in [1.807, 2.05) is 24.3 Å². The van der Waals surface area contributed by atoms with Crippen molar-refractivity contribution in [1.29, 1.82) is 0 Å². The van der Waals surface area contributed by atoms with E-state index >= 15 is 0 Å². The monoisotopic (exact) mass is 379 g/mol. The molecular formula is C21H21N3O4. The first-order valence-electron chi connectivity index (χ1n) is 9.30. The molecule has 0 fully saturated rings. The zero-order valence-corrected chi connectivity index (χ0v) is 15.5. The highest BCUT2D eigenvalue weighted by atomic mass is 16.5. The van der Waals surface area contributed by atoms with Crippen LogP contribution >= 0.6 is 0 Å². The average Bonchev–Trinajstić information content (AvgIpc) is 2.85. The highest BCUT2D eigenvalue weighted by molar-refractivity contribution is 6.05. The second-order valence-corrected chi connectivity index (χ2v) is 6.96. The topological polar surface area (TPSA) is 87.7 Å². The van der Waals surface area contributed by atoms with Crippen molar-refractivity contribution in [2.24, 2.45) is 0 Å². The van der Waals surface area contributed by atoms with Crippen molar-refractivity contribution in [1.82, 2.24) is 0 Å². The highest BCUT2D eigenvalue weighted by Crippen LogP contribution is 2.32. The smallest absolute Gasteiger partial charge is 0.262 e. The summed E-state index contributed by atoms with van der Waals surface area (Å²) >= 11 is 0. The maximum atomic E-state index is 12.9. The summed E-state index contributed by atoms with van der Waals surface area (Å²) < 4.78 is 5.39. The second kappa shape index (κ2) is 7.34. The fraction of sp³-hybridized carbons (Fsp3) is 0.286. The Morgan fingerprint density at radius 3 is 2.86 bits per heavy atom. The molecule has 28 heavy (non-hydrogen) atoms. The molecule has 7 nitrogen and oxygen atoms in total. The van der Waals surface area contributed by atoms with Crippen molar-refractivity contribution in [3.8, 4) is 5.75 Å². The largest absolute Gasteiger partial charge is 0.482 e. The van der Waals surface area contributed by atoms with E-state index in [2.05, 4.69) is 10.6 Å². The Bertz CT molecular complexity index is 956. The molecule has 1 atom stereocenters. The first kappa shape index (κ1) is 18.0. The Morgan fingerprint density at radius 1 is 1.18 bits per heavy atom. The number of rotatable bonds is 3. The Balaban J connectivity index is 1.55. The molecule has 0 saturated heterocycles. The van der Waals surface area contributed by atoms with Crippen LogP contribution < -0.4 is 20.3 Å². The van der Waals surface area contributed by atoms with E-state index in [-0.39, 0.29) is 24.3 Å². The van der Waals surface area contributed by atoms with Gasteiger partial charge in [0.1, 0.15) is 11.8 Å². The molecule has 7 heteroatoms. The molecule has 2 aromatic rings. The van der Waals surface area contributed by atoms with Crippen molar-refractivity contribution in [3.63, 3.8) is 0 Å². The lowest BCUT2D eigenvalue weighted by atomic mass is 10.1. The number of aryl methyl sites for hydroxylation is 1. The van der Waals surface area contributed by atoms with Gasteiger partial charge < -0.3 is 15.4 Å². The molecule has 0 bridgehead atoms. The van der Waals surface area contributed by atoms with Crippen LogP contribution in [-0.2, 0) is 20.8 Å². The van der Waals surface area contributed by atoms with Gasteiger partial charge in [0.25, 0.3) is 5.91 Å². The van der Waals surface area contributed by atoms with Crippen molar-refractivity contribution >= 4 is 34.8 Å².